The molecule has 2 aromatic rings. The molecule has 0 fully saturated rings. The third-order valence-corrected chi connectivity index (χ3v) is 4.69. The molecule has 1 heterocycles. The summed E-state index contributed by atoms with van der Waals surface area (Å²) in [5, 5.41) is 20.7. The van der Waals surface area contributed by atoms with Crippen LogP contribution in [0.3, 0.4) is 0 Å². The van der Waals surface area contributed by atoms with Gasteiger partial charge in [0.1, 0.15) is 17.4 Å². The zero-order valence-corrected chi connectivity index (χ0v) is 17.4. The van der Waals surface area contributed by atoms with E-state index in [1.165, 1.54) is 26.0 Å². The molecule has 28 heavy (non-hydrogen) atoms. The zero-order chi connectivity index (χ0) is 21.2. The Balaban J connectivity index is 2.52. The number of carbonyl (C=O) groups is 1. The summed E-state index contributed by atoms with van der Waals surface area (Å²) in [4.78, 5) is 25.5. The van der Waals surface area contributed by atoms with E-state index in [0.29, 0.717) is 5.02 Å². The number of carbonyl (C=O) groups excluding carboxylic acids is 1. The molecule has 0 saturated heterocycles. The van der Waals surface area contributed by atoms with Crippen molar-refractivity contribution in [1.29, 1.82) is 5.26 Å². The SMILES string of the molecule is Cc1c(C(=O)C(C)Oc2ccc(Cl)cc2Cl)c(O)n(CC(C)C)c(=O)c1C#N. The van der Waals surface area contributed by atoms with E-state index >= 15 is 0 Å². The molecule has 0 saturated carbocycles. The van der Waals surface area contributed by atoms with E-state index in [9.17, 15) is 20.0 Å². The van der Waals surface area contributed by atoms with Gasteiger partial charge in [0.2, 0.25) is 11.7 Å². The van der Waals surface area contributed by atoms with Crippen LogP contribution in [0.15, 0.2) is 23.0 Å². The Morgan fingerprint density at radius 3 is 2.50 bits per heavy atom. The molecular weight excluding hydrogens is 403 g/mol. The van der Waals surface area contributed by atoms with Crippen molar-refractivity contribution in [3.05, 3.63) is 55.3 Å². The number of hydrogen-bond donors (Lipinski definition) is 1. The van der Waals surface area contributed by atoms with Crippen LogP contribution >= 0.6 is 23.2 Å². The lowest BCUT2D eigenvalue weighted by atomic mass is 9.99. The highest BCUT2D eigenvalue weighted by atomic mass is 35.5. The van der Waals surface area contributed by atoms with Gasteiger partial charge in [0.25, 0.3) is 5.56 Å². The number of halogens is 2. The molecular formula is C20H20Cl2N2O4. The summed E-state index contributed by atoms with van der Waals surface area (Å²) in [6, 6.07) is 6.41. The van der Waals surface area contributed by atoms with E-state index < -0.39 is 23.3 Å². The number of hydrogen-bond acceptors (Lipinski definition) is 5. The van der Waals surface area contributed by atoms with Crippen LogP contribution in [0, 0.1) is 24.2 Å². The Kier molecular flexibility index (Phi) is 6.76. The molecule has 1 aromatic heterocycles. The molecule has 8 heteroatoms. The maximum absolute atomic E-state index is 13.0. The topological polar surface area (TPSA) is 92.3 Å². The van der Waals surface area contributed by atoms with Gasteiger partial charge in [-0.05, 0) is 43.5 Å². The number of ether oxygens (including phenoxy) is 1. The van der Waals surface area contributed by atoms with Gasteiger partial charge in [-0.1, -0.05) is 37.0 Å². The highest BCUT2D eigenvalue weighted by molar-refractivity contribution is 6.35. The summed E-state index contributed by atoms with van der Waals surface area (Å²) in [6.07, 6.45) is -1.03. The molecule has 6 nitrogen and oxygen atoms in total. The van der Waals surface area contributed by atoms with Crippen LogP contribution in [0.2, 0.25) is 10.0 Å². The quantitative estimate of drug-likeness (QED) is 0.698. The summed E-state index contributed by atoms with van der Waals surface area (Å²) in [7, 11) is 0. The fraction of sp³-hybridized carbons (Fsp3) is 0.350. The Labute approximate surface area is 172 Å². The van der Waals surface area contributed by atoms with Crippen LogP contribution in [-0.4, -0.2) is 21.6 Å². The van der Waals surface area contributed by atoms with Crippen molar-refractivity contribution in [2.45, 2.75) is 40.3 Å². The average molecular weight is 423 g/mol. The highest BCUT2D eigenvalue weighted by Gasteiger charge is 2.28. The van der Waals surface area contributed by atoms with E-state index in [1.54, 1.807) is 6.07 Å². The molecule has 148 valence electrons. The third kappa shape index (κ3) is 4.32. The molecule has 1 aromatic carbocycles. The molecule has 2 rings (SSSR count). The lowest BCUT2D eigenvalue weighted by Crippen LogP contribution is -2.31. The van der Waals surface area contributed by atoms with Crippen molar-refractivity contribution in [1.82, 2.24) is 4.57 Å². The van der Waals surface area contributed by atoms with Crippen LogP contribution in [0.5, 0.6) is 11.6 Å². The number of rotatable bonds is 6. The first-order valence-corrected chi connectivity index (χ1v) is 9.36. The van der Waals surface area contributed by atoms with Gasteiger partial charge in [0.05, 0.1) is 10.6 Å². The first-order chi connectivity index (χ1) is 13.1. The van der Waals surface area contributed by atoms with Crippen LogP contribution in [0.1, 0.15) is 42.3 Å². The number of pyridine rings is 1. The van der Waals surface area contributed by atoms with Crippen molar-refractivity contribution in [2.24, 2.45) is 5.92 Å². The van der Waals surface area contributed by atoms with Crippen molar-refractivity contribution in [2.75, 3.05) is 0 Å². The van der Waals surface area contributed by atoms with Crippen LogP contribution in [-0.2, 0) is 6.54 Å². The van der Waals surface area contributed by atoms with Gasteiger partial charge in [-0.2, -0.15) is 5.26 Å². The largest absolute Gasteiger partial charge is 0.494 e. The highest BCUT2D eigenvalue weighted by Crippen LogP contribution is 2.30. The summed E-state index contributed by atoms with van der Waals surface area (Å²) >= 11 is 11.9. The summed E-state index contributed by atoms with van der Waals surface area (Å²) in [5.74, 6) is -0.782. The molecule has 1 atom stereocenters. The molecule has 0 aliphatic rings. The summed E-state index contributed by atoms with van der Waals surface area (Å²) < 4.78 is 6.68. The zero-order valence-electron chi connectivity index (χ0n) is 15.9. The number of nitriles is 1. The molecule has 0 spiro atoms. The van der Waals surface area contributed by atoms with Crippen LogP contribution in [0.25, 0.3) is 0 Å². The Morgan fingerprint density at radius 1 is 1.32 bits per heavy atom. The smallest absolute Gasteiger partial charge is 0.271 e. The second-order valence-electron chi connectivity index (χ2n) is 6.82. The predicted molar refractivity (Wildman–Crippen MR) is 108 cm³/mol. The van der Waals surface area contributed by atoms with Gasteiger partial charge >= 0.3 is 0 Å². The van der Waals surface area contributed by atoms with Gasteiger partial charge in [0.15, 0.2) is 6.10 Å². The first kappa shape index (κ1) is 21.8. The Morgan fingerprint density at radius 2 is 1.96 bits per heavy atom. The second-order valence-corrected chi connectivity index (χ2v) is 7.66. The van der Waals surface area contributed by atoms with E-state index in [1.807, 2.05) is 19.9 Å². The summed E-state index contributed by atoms with van der Waals surface area (Å²) in [6.45, 7) is 6.82. The van der Waals surface area contributed by atoms with E-state index in [4.69, 9.17) is 27.9 Å². The molecule has 0 aliphatic heterocycles. The Hall–Kier alpha value is -2.49. The number of ketones is 1. The van der Waals surface area contributed by atoms with E-state index in [0.717, 1.165) is 4.57 Å². The maximum Gasteiger partial charge on any atom is 0.271 e. The fourth-order valence-electron chi connectivity index (χ4n) is 2.80. The predicted octanol–water partition coefficient (Wildman–Crippen LogP) is 4.35. The number of benzene rings is 1. The average Bonchev–Trinajstić information content (AvgIpc) is 2.61. The van der Waals surface area contributed by atoms with Crippen molar-refractivity contribution in [3.8, 4) is 17.7 Å². The monoisotopic (exact) mass is 422 g/mol. The molecule has 0 radical (unpaired) electrons. The Bertz CT molecular complexity index is 1020. The number of Topliss-reactive ketones (excluding diaryl/α,β-unsaturated/α-hetero) is 1. The molecule has 0 amide bonds. The second kappa shape index (κ2) is 8.68. The lowest BCUT2D eigenvalue weighted by molar-refractivity contribution is 0.0812. The molecule has 0 bridgehead atoms. The molecule has 0 aliphatic carbocycles. The summed E-state index contributed by atoms with van der Waals surface area (Å²) in [5.41, 5.74) is -0.808. The van der Waals surface area contributed by atoms with Crippen molar-refractivity contribution in [3.63, 3.8) is 0 Å². The van der Waals surface area contributed by atoms with Gasteiger partial charge < -0.3 is 9.84 Å². The normalized spacial score (nSPS) is 11.9. The van der Waals surface area contributed by atoms with Gasteiger partial charge in [0, 0.05) is 11.6 Å². The standard InChI is InChI=1S/C20H20Cl2N2O4/c1-10(2)9-24-19(26)14(8-23)11(3)17(20(24)27)18(25)12(4)28-16-6-5-13(21)7-15(16)22/h5-7,10,12,27H,9H2,1-4H3. The van der Waals surface area contributed by atoms with Gasteiger partial charge in [-0.3, -0.25) is 14.2 Å². The van der Waals surface area contributed by atoms with Gasteiger partial charge in [-0.25, -0.2) is 0 Å². The number of aromatic nitrogens is 1. The fourth-order valence-corrected chi connectivity index (χ4v) is 3.25. The van der Waals surface area contributed by atoms with Crippen LogP contribution < -0.4 is 10.3 Å². The molecule has 1 N–H and O–H groups in total. The van der Waals surface area contributed by atoms with Crippen molar-refractivity contribution < 1.29 is 14.6 Å². The van der Waals surface area contributed by atoms with Crippen molar-refractivity contribution >= 4 is 29.0 Å². The minimum Gasteiger partial charge on any atom is -0.494 e. The first-order valence-electron chi connectivity index (χ1n) is 8.60. The molecule has 1 unspecified atom stereocenters. The van der Waals surface area contributed by atoms with Crippen LogP contribution in [0.4, 0.5) is 0 Å². The number of nitrogens with zero attached hydrogens (tertiary/aromatic N) is 2. The lowest BCUT2D eigenvalue weighted by Gasteiger charge is -2.20. The van der Waals surface area contributed by atoms with E-state index in [-0.39, 0.29) is 39.9 Å². The third-order valence-electron chi connectivity index (χ3n) is 4.16. The minimum absolute atomic E-state index is 0.0161. The number of aromatic hydroxyl groups is 1. The van der Waals surface area contributed by atoms with E-state index in [2.05, 4.69) is 0 Å². The van der Waals surface area contributed by atoms with Gasteiger partial charge in [-0.15, -0.1) is 0 Å². The minimum atomic E-state index is -1.03. The maximum atomic E-state index is 13.0.